The van der Waals surface area contributed by atoms with Crippen LogP contribution in [0.25, 0.3) is 11.0 Å². The molecule has 0 aliphatic carbocycles. The minimum Gasteiger partial charge on any atom is -0.485 e. The zero-order valence-electron chi connectivity index (χ0n) is 10.7. The first kappa shape index (κ1) is 13.3. The maximum atomic E-state index is 6.17. The molecule has 20 heavy (non-hydrogen) atoms. The van der Waals surface area contributed by atoms with E-state index >= 15 is 0 Å². The molecule has 1 N–H and O–H groups in total. The highest BCUT2D eigenvalue weighted by Crippen LogP contribution is 2.35. The molecule has 0 amide bonds. The number of rotatable bonds is 3. The van der Waals surface area contributed by atoms with E-state index in [1.807, 2.05) is 37.3 Å². The third kappa shape index (κ3) is 2.47. The number of fused-ring (bicyclic) bond motifs is 1. The number of hydrogen-bond donors (Lipinski definition) is 1. The van der Waals surface area contributed by atoms with Gasteiger partial charge in [0.25, 0.3) is 0 Å². The van der Waals surface area contributed by atoms with Crippen molar-refractivity contribution in [1.82, 2.24) is 9.97 Å². The van der Waals surface area contributed by atoms with E-state index < -0.39 is 0 Å². The minimum absolute atomic E-state index is 0.108. The number of nitrogens with zero attached hydrogens (tertiary/aromatic N) is 1. The molecule has 3 aromatic rings. The van der Waals surface area contributed by atoms with Crippen LogP contribution >= 0.6 is 23.2 Å². The molecule has 0 saturated heterocycles. The minimum atomic E-state index is -0.108. The highest BCUT2D eigenvalue weighted by molar-refractivity contribution is 6.36. The van der Waals surface area contributed by atoms with Gasteiger partial charge in [0.15, 0.2) is 0 Å². The smallest absolute Gasteiger partial charge is 0.144 e. The van der Waals surface area contributed by atoms with Crippen LogP contribution in [-0.2, 0) is 0 Å². The van der Waals surface area contributed by atoms with Crippen molar-refractivity contribution in [3.8, 4) is 5.75 Å². The van der Waals surface area contributed by atoms with Crippen LogP contribution in [0.5, 0.6) is 5.75 Å². The number of benzene rings is 1. The highest BCUT2D eigenvalue weighted by atomic mass is 35.5. The summed E-state index contributed by atoms with van der Waals surface area (Å²) in [7, 11) is 0. The van der Waals surface area contributed by atoms with Gasteiger partial charge in [-0.1, -0.05) is 53.5 Å². The molecule has 1 aromatic carbocycles. The van der Waals surface area contributed by atoms with Gasteiger partial charge in [-0.2, -0.15) is 0 Å². The van der Waals surface area contributed by atoms with E-state index in [4.69, 9.17) is 27.9 Å². The summed E-state index contributed by atoms with van der Waals surface area (Å²) in [5, 5.41) is 1.68. The largest absolute Gasteiger partial charge is 0.485 e. The second-order valence-corrected chi connectivity index (χ2v) is 5.27. The first-order valence-corrected chi connectivity index (χ1v) is 6.95. The van der Waals surface area contributed by atoms with Crippen molar-refractivity contribution in [2.45, 2.75) is 13.0 Å². The Kier molecular flexibility index (Phi) is 3.55. The maximum absolute atomic E-state index is 6.17. The number of H-pyrrole nitrogens is 1. The Morgan fingerprint density at radius 3 is 2.70 bits per heavy atom. The Labute approximate surface area is 126 Å². The fourth-order valence-corrected chi connectivity index (χ4v) is 2.53. The first-order chi connectivity index (χ1) is 9.65. The molecule has 3 rings (SSSR count). The fourth-order valence-electron chi connectivity index (χ4n) is 2.11. The normalized spacial score (nSPS) is 12.6. The van der Waals surface area contributed by atoms with Gasteiger partial charge in [0.2, 0.25) is 0 Å². The summed E-state index contributed by atoms with van der Waals surface area (Å²) in [6, 6.07) is 11.7. The summed E-state index contributed by atoms with van der Waals surface area (Å²) >= 11 is 12.2. The van der Waals surface area contributed by atoms with E-state index in [1.54, 1.807) is 12.3 Å². The van der Waals surface area contributed by atoms with Crippen LogP contribution < -0.4 is 4.74 Å². The van der Waals surface area contributed by atoms with Crippen molar-refractivity contribution in [1.29, 1.82) is 0 Å². The number of nitrogens with one attached hydrogen (secondary N) is 1. The lowest BCUT2D eigenvalue weighted by Gasteiger charge is -2.16. The molecule has 1 atom stereocenters. The van der Waals surface area contributed by atoms with Crippen LogP contribution in [0, 0.1) is 0 Å². The Morgan fingerprint density at radius 1 is 1.20 bits per heavy atom. The summed E-state index contributed by atoms with van der Waals surface area (Å²) in [4.78, 5) is 7.16. The maximum Gasteiger partial charge on any atom is 0.144 e. The van der Waals surface area contributed by atoms with Gasteiger partial charge in [-0.15, -0.1) is 0 Å². The molecule has 1 unspecified atom stereocenters. The molecule has 0 bridgehead atoms. The van der Waals surface area contributed by atoms with Crippen molar-refractivity contribution < 1.29 is 4.74 Å². The Hall–Kier alpha value is -1.71. The van der Waals surface area contributed by atoms with Gasteiger partial charge in [0.05, 0.1) is 10.4 Å². The molecule has 2 heterocycles. The lowest BCUT2D eigenvalue weighted by Crippen LogP contribution is -2.03. The number of aromatic amines is 1. The van der Waals surface area contributed by atoms with Crippen LogP contribution in [0.4, 0.5) is 0 Å². The molecule has 102 valence electrons. The lowest BCUT2D eigenvalue weighted by molar-refractivity contribution is 0.230. The second kappa shape index (κ2) is 5.35. The number of aromatic nitrogens is 2. The van der Waals surface area contributed by atoms with Gasteiger partial charge in [-0.25, -0.2) is 4.98 Å². The van der Waals surface area contributed by atoms with Crippen molar-refractivity contribution in [3.05, 3.63) is 58.3 Å². The van der Waals surface area contributed by atoms with Gasteiger partial charge in [-0.3, -0.25) is 0 Å². The van der Waals surface area contributed by atoms with Gasteiger partial charge in [0, 0.05) is 12.3 Å². The summed E-state index contributed by atoms with van der Waals surface area (Å²) in [6.07, 6.45) is 1.57. The summed E-state index contributed by atoms with van der Waals surface area (Å²) in [5.74, 6) is 0.627. The fraction of sp³-hybridized carbons (Fsp3) is 0.133. The summed E-state index contributed by atoms with van der Waals surface area (Å²) < 4.78 is 6.00. The third-order valence-electron chi connectivity index (χ3n) is 3.10. The third-order valence-corrected chi connectivity index (χ3v) is 3.59. The molecule has 0 spiro atoms. The van der Waals surface area contributed by atoms with Crippen LogP contribution in [0.15, 0.2) is 42.6 Å². The predicted octanol–water partition coefficient (Wildman–Crippen LogP) is 5.01. The average molecular weight is 307 g/mol. The van der Waals surface area contributed by atoms with Crippen molar-refractivity contribution in [2.24, 2.45) is 0 Å². The standard InChI is InChI=1S/C15H12Cl2N2O/c1-9(10-5-3-2-4-6-10)20-12-7-13(17)19-15-14(12)11(16)8-18-15/h2-9H,1H3,(H,18,19). The van der Waals surface area contributed by atoms with Crippen LogP contribution in [0.2, 0.25) is 10.2 Å². The van der Waals surface area contributed by atoms with Gasteiger partial charge < -0.3 is 9.72 Å². The number of ether oxygens (including phenoxy) is 1. The van der Waals surface area contributed by atoms with Crippen LogP contribution in [-0.4, -0.2) is 9.97 Å². The van der Waals surface area contributed by atoms with E-state index in [9.17, 15) is 0 Å². The molecule has 2 aromatic heterocycles. The predicted molar refractivity (Wildman–Crippen MR) is 81.6 cm³/mol. The van der Waals surface area contributed by atoms with E-state index in [1.165, 1.54) is 0 Å². The topological polar surface area (TPSA) is 37.9 Å². The lowest BCUT2D eigenvalue weighted by atomic mass is 10.1. The van der Waals surface area contributed by atoms with E-state index in [0.717, 1.165) is 10.9 Å². The van der Waals surface area contributed by atoms with Crippen LogP contribution in [0.1, 0.15) is 18.6 Å². The van der Waals surface area contributed by atoms with Crippen LogP contribution in [0.3, 0.4) is 0 Å². The molecule has 0 fully saturated rings. The number of hydrogen-bond acceptors (Lipinski definition) is 2. The van der Waals surface area contributed by atoms with Crippen molar-refractivity contribution in [2.75, 3.05) is 0 Å². The zero-order valence-corrected chi connectivity index (χ0v) is 12.2. The quantitative estimate of drug-likeness (QED) is 0.691. The second-order valence-electron chi connectivity index (χ2n) is 4.47. The van der Waals surface area contributed by atoms with E-state index in [-0.39, 0.29) is 6.10 Å². The number of halogens is 2. The van der Waals surface area contributed by atoms with Gasteiger partial charge >= 0.3 is 0 Å². The summed E-state index contributed by atoms with van der Waals surface area (Å²) in [6.45, 7) is 1.98. The zero-order chi connectivity index (χ0) is 14.1. The number of pyridine rings is 1. The summed E-state index contributed by atoms with van der Waals surface area (Å²) in [5.41, 5.74) is 1.71. The molecular weight excluding hydrogens is 295 g/mol. The molecule has 0 saturated carbocycles. The van der Waals surface area contributed by atoms with E-state index in [2.05, 4.69) is 9.97 Å². The Bertz CT molecular complexity index is 740. The molecule has 3 nitrogen and oxygen atoms in total. The average Bonchev–Trinajstić information content (AvgIpc) is 2.81. The highest BCUT2D eigenvalue weighted by Gasteiger charge is 2.15. The Morgan fingerprint density at radius 2 is 1.95 bits per heavy atom. The molecule has 0 radical (unpaired) electrons. The molecule has 5 heteroatoms. The first-order valence-electron chi connectivity index (χ1n) is 6.20. The Balaban J connectivity index is 2.00. The van der Waals surface area contributed by atoms with E-state index in [0.29, 0.717) is 21.6 Å². The molecular formula is C15H12Cl2N2O. The molecule has 0 aliphatic rings. The SMILES string of the molecule is CC(Oc1cc(Cl)nc2[nH]cc(Cl)c12)c1ccccc1. The van der Waals surface area contributed by atoms with Crippen molar-refractivity contribution >= 4 is 34.2 Å². The molecule has 0 aliphatic heterocycles. The van der Waals surface area contributed by atoms with Gasteiger partial charge in [-0.05, 0) is 12.5 Å². The van der Waals surface area contributed by atoms with Crippen molar-refractivity contribution in [3.63, 3.8) is 0 Å². The van der Waals surface area contributed by atoms with Gasteiger partial charge in [0.1, 0.15) is 22.7 Å². The monoisotopic (exact) mass is 306 g/mol.